The first kappa shape index (κ1) is 20.8. The number of carbonyl (C=O) groups excluding carboxylic acids is 1. The van der Waals surface area contributed by atoms with E-state index in [-0.39, 0.29) is 11.7 Å². The van der Waals surface area contributed by atoms with Crippen molar-refractivity contribution in [2.24, 2.45) is 0 Å². The molecule has 1 amide bonds. The molecule has 0 aliphatic carbocycles. The molecular weight excluding hydrogens is 406 g/mol. The number of aromatic nitrogens is 4. The van der Waals surface area contributed by atoms with Crippen LogP contribution in [0.15, 0.2) is 84.3 Å². The third-order valence-corrected chi connectivity index (χ3v) is 5.77. The van der Waals surface area contributed by atoms with E-state index in [1.165, 1.54) is 17.3 Å². The highest BCUT2D eigenvalue weighted by Crippen LogP contribution is 2.25. The molecule has 156 valence electrons. The fourth-order valence-electron chi connectivity index (χ4n) is 3.16. The fourth-order valence-corrected chi connectivity index (χ4v) is 3.90. The first-order valence-electron chi connectivity index (χ1n) is 10.1. The lowest BCUT2D eigenvalue weighted by Gasteiger charge is -2.10. The molecule has 6 nitrogen and oxygen atoms in total. The van der Waals surface area contributed by atoms with Crippen LogP contribution in [0.3, 0.4) is 0 Å². The number of nitrogens with one attached hydrogen (secondary N) is 1. The Hall–Kier alpha value is -3.45. The van der Waals surface area contributed by atoms with Gasteiger partial charge in [-0.15, -0.1) is 10.2 Å². The van der Waals surface area contributed by atoms with Crippen LogP contribution in [-0.4, -0.2) is 31.4 Å². The predicted octanol–water partition coefficient (Wildman–Crippen LogP) is 4.68. The molecule has 0 aliphatic heterocycles. The minimum Gasteiger partial charge on any atom is -0.325 e. The summed E-state index contributed by atoms with van der Waals surface area (Å²) in [6.45, 7) is 2.72. The summed E-state index contributed by atoms with van der Waals surface area (Å²) in [4.78, 5) is 16.7. The molecule has 0 fully saturated rings. The van der Waals surface area contributed by atoms with E-state index in [1.807, 2.05) is 59.2 Å². The largest absolute Gasteiger partial charge is 0.325 e. The molecule has 1 N–H and O–H groups in total. The van der Waals surface area contributed by atoms with Gasteiger partial charge in [0.1, 0.15) is 0 Å². The lowest BCUT2D eigenvalue weighted by Crippen LogP contribution is -2.15. The predicted molar refractivity (Wildman–Crippen MR) is 124 cm³/mol. The van der Waals surface area contributed by atoms with E-state index in [4.69, 9.17) is 0 Å². The van der Waals surface area contributed by atoms with Crippen molar-refractivity contribution in [1.82, 2.24) is 19.7 Å². The SMILES string of the molecule is CCc1ccc(NC(=O)CSc2nnc(-c3cccnc3)n2Cc2ccccc2)cc1. The summed E-state index contributed by atoms with van der Waals surface area (Å²) in [5, 5.41) is 12.4. The van der Waals surface area contributed by atoms with Gasteiger partial charge < -0.3 is 5.32 Å². The number of rotatable bonds is 8. The Morgan fingerprint density at radius 3 is 2.48 bits per heavy atom. The minimum absolute atomic E-state index is 0.0774. The minimum atomic E-state index is -0.0774. The molecule has 0 saturated carbocycles. The van der Waals surface area contributed by atoms with Crippen molar-refractivity contribution in [2.75, 3.05) is 11.1 Å². The van der Waals surface area contributed by atoms with Crippen LogP contribution in [0.5, 0.6) is 0 Å². The second kappa shape index (κ2) is 10.0. The third-order valence-electron chi connectivity index (χ3n) is 4.80. The van der Waals surface area contributed by atoms with Crippen molar-refractivity contribution >= 4 is 23.4 Å². The van der Waals surface area contributed by atoms with Gasteiger partial charge in [0.15, 0.2) is 11.0 Å². The van der Waals surface area contributed by atoms with Crippen LogP contribution in [0, 0.1) is 0 Å². The molecule has 0 aliphatic rings. The van der Waals surface area contributed by atoms with Crippen molar-refractivity contribution in [3.8, 4) is 11.4 Å². The maximum atomic E-state index is 12.5. The zero-order chi connectivity index (χ0) is 21.5. The molecule has 4 rings (SSSR count). The molecule has 0 saturated heterocycles. The van der Waals surface area contributed by atoms with Crippen molar-refractivity contribution in [3.05, 3.63) is 90.3 Å². The Morgan fingerprint density at radius 1 is 0.968 bits per heavy atom. The van der Waals surface area contributed by atoms with Crippen LogP contribution in [0.4, 0.5) is 5.69 Å². The topological polar surface area (TPSA) is 72.7 Å². The van der Waals surface area contributed by atoms with E-state index >= 15 is 0 Å². The van der Waals surface area contributed by atoms with Gasteiger partial charge >= 0.3 is 0 Å². The Bertz CT molecular complexity index is 1130. The molecule has 7 heteroatoms. The molecule has 0 spiro atoms. The quantitative estimate of drug-likeness (QED) is 0.412. The van der Waals surface area contributed by atoms with Gasteiger partial charge in [-0.3, -0.25) is 14.3 Å². The standard InChI is InChI=1S/C24H23N5OS/c1-2-18-10-12-21(13-11-18)26-22(30)17-31-24-28-27-23(20-9-6-14-25-15-20)29(24)16-19-7-4-3-5-8-19/h3-15H,2,16-17H2,1H3,(H,26,30). The summed E-state index contributed by atoms with van der Waals surface area (Å²) < 4.78 is 2.03. The molecule has 0 bridgehead atoms. The van der Waals surface area contributed by atoms with Crippen molar-refractivity contribution in [2.45, 2.75) is 25.0 Å². The Morgan fingerprint density at radius 2 is 1.77 bits per heavy atom. The number of hydrogen-bond acceptors (Lipinski definition) is 5. The van der Waals surface area contributed by atoms with Crippen LogP contribution in [-0.2, 0) is 17.8 Å². The van der Waals surface area contributed by atoms with Gasteiger partial charge in [0.2, 0.25) is 5.91 Å². The number of pyridine rings is 1. The van der Waals surface area contributed by atoms with Crippen molar-refractivity contribution < 1.29 is 4.79 Å². The van der Waals surface area contributed by atoms with E-state index in [9.17, 15) is 4.79 Å². The molecule has 2 aromatic carbocycles. The van der Waals surface area contributed by atoms with Crippen molar-refractivity contribution in [1.29, 1.82) is 0 Å². The van der Waals surface area contributed by atoms with Gasteiger partial charge in [0.05, 0.1) is 12.3 Å². The van der Waals surface area contributed by atoms with Crippen LogP contribution in [0.2, 0.25) is 0 Å². The Kier molecular flexibility index (Phi) is 6.74. The Labute approximate surface area is 185 Å². The average Bonchev–Trinajstić information content (AvgIpc) is 3.22. The summed E-state index contributed by atoms with van der Waals surface area (Å²) in [5.41, 5.74) is 4.06. The summed E-state index contributed by atoms with van der Waals surface area (Å²) >= 11 is 1.37. The number of aryl methyl sites for hydroxylation is 1. The van der Waals surface area contributed by atoms with E-state index in [2.05, 4.69) is 39.6 Å². The lowest BCUT2D eigenvalue weighted by molar-refractivity contribution is -0.113. The summed E-state index contributed by atoms with van der Waals surface area (Å²) in [6.07, 6.45) is 4.47. The van der Waals surface area contributed by atoms with Gasteiger partial charge in [-0.05, 0) is 41.8 Å². The van der Waals surface area contributed by atoms with Gasteiger partial charge in [0.25, 0.3) is 0 Å². The molecule has 2 aromatic heterocycles. The Balaban J connectivity index is 1.50. The monoisotopic (exact) mass is 429 g/mol. The molecule has 0 radical (unpaired) electrons. The van der Waals surface area contributed by atoms with Gasteiger partial charge in [-0.25, -0.2) is 0 Å². The number of carbonyl (C=O) groups is 1. The van der Waals surface area contributed by atoms with E-state index < -0.39 is 0 Å². The summed E-state index contributed by atoms with van der Waals surface area (Å²) in [5.74, 6) is 0.900. The van der Waals surface area contributed by atoms with Gasteiger partial charge in [0, 0.05) is 23.6 Å². The zero-order valence-electron chi connectivity index (χ0n) is 17.2. The molecular formula is C24H23N5OS. The van der Waals surface area contributed by atoms with Gasteiger partial charge in [-0.2, -0.15) is 0 Å². The first-order valence-corrected chi connectivity index (χ1v) is 11.1. The number of benzene rings is 2. The smallest absolute Gasteiger partial charge is 0.234 e. The normalized spacial score (nSPS) is 10.7. The number of nitrogens with zero attached hydrogens (tertiary/aromatic N) is 4. The number of hydrogen-bond donors (Lipinski definition) is 1. The van der Waals surface area contributed by atoms with Crippen LogP contribution in [0.1, 0.15) is 18.1 Å². The molecule has 4 aromatic rings. The highest BCUT2D eigenvalue weighted by atomic mass is 32.2. The number of amides is 1. The highest BCUT2D eigenvalue weighted by Gasteiger charge is 2.16. The number of anilines is 1. The second-order valence-electron chi connectivity index (χ2n) is 7.01. The van der Waals surface area contributed by atoms with E-state index in [1.54, 1.807) is 12.4 Å². The molecule has 0 unspecified atom stereocenters. The highest BCUT2D eigenvalue weighted by molar-refractivity contribution is 7.99. The summed E-state index contributed by atoms with van der Waals surface area (Å²) in [6, 6.07) is 21.9. The maximum absolute atomic E-state index is 12.5. The third kappa shape index (κ3) is 5.38. The van der Waals surface area contributed by atoms with Crippen LogP contribution in [0.25, 0.3) is 11.4 Å². The van der Waals surface area contributed by atoms with Crippen molar-refractivity contribution in [3.63, 3.8) is 0 Å². The molecule has 2 heterocycles. The van der Waals surface area contributed by atoms with Crippen LogP contribution < -0.4 is 5.32 Å². The molecule has 31 heavy (non-hydrogen) atoms. The zero-order valence-corrected chi connectivity index (χ0v) is 18.0. The second-order valence-corrected chi connectivity index (χ2v) is 7.95. The maximum Gasteiger partial charge on any atom is 0.234 e. The van der Waals surface area contributed by atoms with E-state index in [0.29, 0.717) is 11.7 Å². The van der Waals surface area contributed by atoms with Gasteiger partial charge in [-0.1, -0.05) is 61.2 Å². The number of thioether (sulfide) groups is 1. The fraction of sp³-hybridized carbons (Fsp3) is 0.167. The lowest BCUT2D eigenvalue weighted by atomic mass is 10.1. The summed E-state index contributed by atoms with van der Waals surface area (Å²) in [7, 11) is 0. The average molecular weight is 430 g/mol. The first-order chi connectivity index (χ1) is 15.2. The van der Waals surface area contributed by atoms with Crippen LogP contribution >= 0.6 is 11.8 Å². The van der Waals surface area contributed by atoms with E-state index in [0.717, 1.165) is 29.1 Å². The molecule has 0 atom stereocenters.